The number of ether oxygens (including phenoxy) is 3. The quantitative estimate of drug-likeness (QED) is 0.745. The Hall–Kier alpha value is -2.34. The molecule has 1 aromatic carbocycles. The first-order valence-corrected chi connectivity index (χ1v) is 7.96. The molecule has 0 aromatic heterocycles. The average Bonchev–Trinajstić information content (AvgIpc) is 2.64. The van der Waals surface area contributed by atoms with Crippen LogP contribution in [-0.2, 0) is 30.2 Å². The molecule has 24 heavy (non-hydrogen) atoms. The number of carbonyl (C=O) groups is 2. The Morgan fingerprint density at radius 3 is 2.38 bits per heavy atom. The smallest absolute Gasteiger partial charge is 0.355 e. The van der Waals surface area contributed by atoms with Gasteiger partial charge in [0.05, 0.1) is 26.4 Å². The highest BCUT2D eigenvalue weighted by Crippen LogP contribution is 2.27. The molecule has 6 nitrogen and oxygen atoms in total. The topological polar surface area (TPSA) is 65.1 Å². The molecule has 1 aliphatic heterocycles. The third kappa shape index (κ3) is 3.94. The average molecular weight is 333 g/mol. The minimum atomic E-state index is -0.598. The first kappa shape index (κ1) is 18.0. The summed E-state index contributed by atoms with van der Waals surface area (Å²) in [7, 11) is 2.55. The Morgan fingerprint density at radius 1 is 1.12 bits per heavy atom. The minimum absolute atomic E-state index is 0.0161. The third-order valence-electron chi connectivity index (χ3n) is 3.90. The fourth-order valence-corrected chi connectivity index (χ4v) is 2.57. The molecule has 0 spiro atoms. The van der Waals surface area contributed by atoms with Crippen molar-refractivity contribution in [3.05, 3.63) is 41.1 Å². The minimum Gasteiger partial charge on any atom is -0.466 e. The van der Waals surface area contributed by atoms with Crippen LogP contribution in [0.2, 0.25) is 0 Å². The van der Waals surface area contributed by atoms with Crippen LogP contribution in [0.4, 0.5) is 5.69 Å². The maximum atomic E-state index is 12.2. The van der Waals surface area contributed by atoms with E-state index in [4.69, 9.17) is 14.2 Å². The summed E-state index contributed by atoms with van der Waals surface area (Å²) in [4.78, 5) is 25.8. The van der Waals surface area contributed by atoms with Crippen LogP contribution in [0.5, 0.6) is 0 Å². The van der Waals surface area contributed by atoms with Gasteiger partial charge in [-0.25, -0.2) is 9.59 Å². The number of carbonyl (C=O) groups excluding carboxylic acids is 2. The summed E-state index contributed by atoms with van der Waals surface area (Å²) in [5, 5.41) is 0. The first-order chi connectivity index (χ1) is 11.6. The zero-order chi connectivity index (χ0) is 17.5. The molecule has 0 radical (unpaired) electrons. The third-order valence-corrected chi connectivity index (χ3v) is 3.90. The predicted molar refractivity (Wildman–Crippen MR) is 89.4 cm³/mol. The molecule has 0 saturated carbocycles. The number of esters is 2. The van der Waals surface area contributed by atoms with E-state index in [1.54, 1.807) is 4.90 Å². The number of hydrogen-bond acceptors (Lipinski definition) is 6. The van der Waals surface area contributed by atoms with Gasteiger partial charge in [0.2, 0.25) is 0 Å². The van der Waals surface area contributed by atoms with E-state index in [1.165, 1.54) is 19.8 Å². The van der Waals surface area contributed by atoms with E-state index >= 15 is 0 Å². The Balaban J connectivity index is 2.35. The number of nitrogens with zero attached hydrogens (tertiary/aromatic N) is 1. The fourth-order valence-electron chi connectivity index (χ4n) is 2.57. The lowest BCUT2D eigenvalue weighted by molar-refractivity contribution is -0.140. The standard InChI is InChI=1S/C18H23NO5/c1-4-5-6-13-7-9-14(10-8-13)19-12-24-11-15(17(20)22-2)16(19)18(21)23-3/h7-10H,4-6,11-12H2,1-3H3. The molecule has 0 aliphatic carbocycles. The van der Waals surface area contributed by atoms with Crippen molar-refractivity contribution in [2.75, 3.05) is 32.5 Å². The Morgan fingerprint density at radius 2 is 1.79 bits per heavy atom. The van der Waals surface area contributed by atoms with Crippen LogP contribution in [0.3, 0.4) is 0 Å². The number of anilines is 1. The van der Waals surface area contributed by atoms with Crippen LogP contribution in [0.1, 0.15) is 25.3 Å². The fraction of sp³-hybridized carbons (Fsp3) is 0.444. The van der Waals surface area contributed by atoms with Crippen molar-refractivity contribution in [3.63, 3.8) is 0 Å². The van der Waals surface area contributed by atoms with Crippen LogP contribution >= 0.6 is 0 Å². The Bertz CT molecular complexity index is 621. The van der Waals surface area contributed by atoms with Crippen molar-refractivity contribution in [3.8, 4) is 0 Å². The maximum Gasteiger partial charge on any atom is 0.355 e. The van der Waals surface area contributed by atoms with Gasteiger partial charge >= 0.3 is 11.9 Å². The predicted octanol–water partition coefficient (Wildman–Crippen LogP) is 2.42. The molecule has 130 valence electrons. The van der Waals surface area contributed by atoms with Crippen molar-refractivity contribution >= 4 is 17.6 Å². The molecule has 0 N–H and O–H groups in total. The summed E-state index contributed by atoms with van der Waals surface area (Å²) in [5.41, 5.74) is 2.31. The van der Waals surface area contributed by atoms with E-state index in [1.807, 2.05) is 24.3 Å². The van der Waals surface area contributed by atoms with Gasteiger partial charge in [0, 0.05) is 5.69 Å². The molecule has 1 aliphatic rings. The molecule has 0 amide bonds. The summed E-state index contributed by atoms with van der Waals surface area (Å²) >= 11 is 0. The monoisotopic (exact) mass is 333 g/mol. The first-order valence-electron chi connectivity index (χ1n) is 7.96. The number of rotatable bonds is 6. The van der Waals surface area contributed by atoms with E-state index in [0.717, 1.165) is 24.9 Å². The molecule has 0 saturated heterocycles. The number of methoxy groups -OCH3 is 2. The summed E-state index contributed by atoms with van der Waals surface area (Å²) in [6.45, 7) is 2.34. The van der Waals surface area contributed by atoms with Gasteiger partial charge in [0.15, 0.2) is 0 Å². The second-order valence-electron chi connectivity index (χ2n) is 5.49. The van der Waals surface area contributed by atoms with E-state index in [2.05, 4.69) is 6.92 Å². The molecular weight excluding hydrogens is 310 g/mol. The van der Waals surface area contributed by atoms with Crippen molar-refractivity contribution < 1.29 is 23.8 Å². The molecular formula is C18H23NO5. The molecule has 1 heterocycles. The molecule has 6 heteroatoms. The van der Waals surface area contributed by atoms with Gasteiger partial charge in [0.1, 0.15) is 12.4 Å². The lowest BCUT2D eigenvalue weighted by atomic mass is 10.1. The summed E-state index contributed by atoms with van der Waals surface area (Å²) in [5.74, 6) is -1.19. The van der Waals surface area contributed by atoms with Crippen LogP contribution in [-0.4, -0.2) is 39.5 Å². The number of hydrogen-bond donors (Lipinski definition) is 0. The normalized spacial score (nSPS) is 14.5. The lowest BCUT2D eigenvalue weighted by Gasteiger charge is -2.31. The zero-order valence-electron chi connectivity index (χ0n) is 14.3. The zero-order valence-corrected chi connectivity index (χ0v) is 14.3. The number of unbranched alkanes of at least 4 members (excludes halogenated alkanes) is 1. The second kappa shape index (κ2) is 8.49. The van der Waals surface area contributed by atoms with E-state index < -0.39 is 11.9 Å². The highest BCUT2D eigenvalue weighted by atomic mass is 16.5. The highest BCUT2D eigenvalue weighted by Gasteiger charge is 2.32. The molecule has 0 atom stereocenters. The van der Waals surface area contributed by atoms with Gasteiger partial charge in [-0.1, -0.05) is 25.5 Å². The van der Waals surface area contributed by atoms with Crippen LogP contribution < -0.4 is 4.90 Å². The van der Waals surface area contributed by atoms with Gasteiger partial charge < -0.3 is 19.1 Å². The summed E-state index contributed by atoms with van der Waals surface area (Å²) in [6.07, 6.45) is 3.28. The van der Waals surface area contributed by atoms with Crippen molar-refractivity contribution in [2.45, 2.75) is 26.2 Å². The van der Waals surface area contributed by atoms with Crippen LogP contribution in [0.25, 0.3) is 0 Å². The maximum absolute atomic E-state index is 12.2. The molecule has 1 aromatic rings. The van der Waals surface area contributed by atoms with Gasteiger partial charge in [-0.15, -0.1) is 0 Å². The van der Waals surface area contributed by atoms with Gasteiger partial charge in [-0.2, -0.15) is 0 Å². The Kier molecular flexibility index (Phi) is 6.37. The number of benzene rings is 1. The van der Waals surface area contributed by atoms with E-state index in [9.17, 15) is 9.59 Å². The van der Waals surface area contributed by atoms with E-state index in [0.29, 0.717) is 0 Å². The van der Waals surface area contributed by atoms with Crippen molar-refractivity contribution in [2.24, 2.45) is 0 Å². The highest BCUT2D eigenvalue weighted by molar-refractivity contribution is 6.03. The van der Waals surface area contributed by atoms with E-state index in [-0.39, 0.29) is 24.6 Å². The SMILES string of the molecule is CCCCc1ccc(N2COCC(C(=O)OC)=C2C(=O)OC)cc1. The molecule has 0 unspecified atom stereocenters. The van der Waals surface area contributed by atoms with Crippen LogP contribution in [0, 0.1) is 0 Å². The lowest BCUT2D eigenvalue weighted by Crippen LogP contribution is -2.38. The van der Waals surface area contributed by atoms with Crippen LogP contribution in [0.15, 0.2) is 35.5 Å². The molecule has 0 fully saturated rings. The molecule has 2 rings (SSSR count). The van der Waals surface area contributed by atoms with Crippen molar-refractivity contribution in [1.29, 1.82) is 0 Å². The number of aryl methyl sites for hydroxylation is 1. The molecule has 0 bridgehead atoms. The largest absolute Gasteiger partial charge is 0.466 e. The summed E-state index contributed by atoms with van der Waals surface area (Å²) < 4.78 is 15.0. The summed E-state index contributed by atoms with van der Waals surface area (Å²) in [6, 6.07) is 7.87. The van der Waals surface area contributed by atoms with Crippen molar-refractivity contribution in [1.82, 2.24) is 0 Å². The van der Waals surface area contributed by atoms with Gasteiger partial charge in [-0.05, 0) is 30.5 Å². The second-order valence-corrected chi connectivity index (χ2v) is 5.49. The van der Waals surface area contributed by atoms with Gasteiger partial charge in [0.25, 0.3) is 0 Å². The Labute approximate surface area is 142 Å². The van der Waals surface area contributed by atoms with Gasteiger partial charge in [-0.3, -0.25) is 0 Å².